The molecule has 1 atom stereocenters. The molecule has 5 nitrogen and oxygen atoms in total. The highest BCUT2D eigenvalue weighted by atomic mass is 35.5. The first-order chi connectivity index (χ1) is 12.7. The maximum atomic E-state index is 12.6. The number of hydrogen-bond donors (Lipinski definition) is 1. The predicted octanol–water partition coefficient (Wildman–Crippen LogP) is 3.07. The average molecular weight is 379 g/mol. The number of carbonyl (C=O) groups excluding carboxylic acids is 1. The molecule has 1 aromatic rings. The predicted molar refractivity (Wildman–Crippen MR) is 101 cm³/mol. The van der Waals surface area contributed by atoms with Gasteiger partial charge in [-0.3, -0.25) is 0 Å². The van der Waals surface area contributed by atoms with Gasteiger partial charge in [0.1, 0.15) is 0 Å². The molecule has 0 aliphatic carbocycles. The monoisotopic (exact) mass is 378 g/mol. The number of amides is 2. The van der Waals surface area contributed by atoms with Crippen molar-refractivity contribution < 1.29 is 14.3 Å². The maximum Gasteiger partial charge on any atom is 0.317 e. The normalized spacial score (nSPS) is 25.7. The molecule has 0 bridgehead atoms. The molecule has 1 aromatic carbocycles. The zero-order valence-electron chi connectivity index (χ0n) is 15.1. The Labute approximate surface area is 160 Å². The molecule has 1 N–H and O–H groups in total. The van der Waals surface area contributed by atoms with Crippen molar-refractivity contribution in [1.82, 2.24) is 10.2 Å². The molecule has 3 heterocycles. The highest BCUT2D eigenvalue weighted by molar-refractivity contribution is 6.30. The van der Waals surface area contributed by atoms with Crippen LogP contribution in [0.2, 0.25) is 5.02 Å². The number of rotatable bonds is 4. The van der Waals surface area contributed by atoms with Gasteiger partial charge in [0.05, 0.1) is 0 Å². The molecule has 3 saturated heterocycles. The Morgan fingerprint density at radius 3 is 2.69 bits per heavy atom. The molecule has 0 radical (unpaired) electrons. The third-order valence-electron chi connectivity index (χ3n) is 6.29. The van der Waals surface area contributed by atoms with Gasteiger partial charge in [-0.25, -0.2) is 4.79 Å². The molecule has 3 fully saturated rings. The number of nitrogens with zero attached hydrogens (tertiary/aromatic N) is 1. The van der Waals surface area contributed by atoms with Crippen molar-refractivity contribution in [3.63, 3.8) is 0 Å². The molecular formula is C20H27ClN2O3. The van der Waals surface area contributed by atoms with Crippen LogP contribution in [0.1, 0.15) is 24.8 Å². The van der Waals surface area contributed by atoms with Crippen molar-refractivity contribution >= 4 is 17.6 Å². The Morgan fingerprint density at radius 2 is 2.00 bits per heavy atom. The van der Waals surface area contributed by atoms with Crippen molar-refractivity contribution in [2.45, 2.75) is 24.7 Å². The van der Waals surface area contributed by atoms with Gasteiger partial charge in [-0.2, -0.15) is 0 Å². The minimum absolute atomic E-state index is 0.0491. The molecule has 0 aromatic heterocycles. The smallest absolute Gasteiger partial charge is 0.317 e. The minimum Gasteiger partial charge on any atom is -0.381 e. The molecule has 1 unspecified atom stereocenters. The summed E-state index contributed by atoms with van der Waals surface area (Å²) in [6, 6.07) is 8.07. The summed E-state index contributed by atoms with van der Waals surface area (Å²) < 4.78 is 11.0. The summed E-state index contributed by atoms with van der Waals surface area (Å²) in [4.78, 5) is 14.5. The van der Waals surface area contributed by atoms with E-state index in [9.17, 15) is 4.79 Å². The van der Waals surface area contributed by atoms with Crippen LogP contribution in [0.25, 0.3) is 0 Å². The lowest BCUT2D eigenvalue weighted by molar-refractivity contribution is 0.0468. The molecule has 4 rings (SSSR count). The van der Waals surface area contributed by atoms with Gasteiger partial charge in [0, 0.05) is 56.5 Å². The van der Waals surface area contributed by atoms with Crippen LogP contribution in [0, 0.1) is 11.8 Å². The van der Waals surface area contributed by atoms with E-state index >= 15 is 0 Å². The summed E-state index contributed by atoms with van der Waals surface area (Å²) in [5.74, 6) is 1.24. The Morgan fingerprint density at radius 1 is 1.19 bits per heavy atom. The first kappa shape index (κ1) is 18.1. The first-order valence-electron chi connectivity index (χ1n) is 9.61. The molecular weight excluding hydrogens is 352 g/mol. The van der Waals surface area contributed by atoms with Crippen LogP contribution >= 0.6 is 11.6 Å². The second kappa shape index (κ2) is 7.75. The standard InChI is InChI=1S/C20H27ClN2O3/c21-18-3-1-2-17(10-18)20(5-8-25-9-6-20)14-22-19(24)23-11-16(12-23)15-4-7-26-13-15/h1-3,10,15-16H,4-9,11-14H2,(H,22,24). The van der Waals surface area contributed by atoms with Gasteiger partial charge < -0.3 is 19.7 Å². The number of benzene rings is 1. The van der Waals surface area contributed by atoms with E-state index in [1.807, 2.05) is 23.1 Å². The van der Waals surface area contributed by atoms with E-state index in [0.717, 1.165) is 63.8 Å². The zero-order chi connectivity index (χ0) is 18.0. The number of ether oxygens (including phenoxy) is 2. The van der Waals surface area contributed by atoms with E-state index in [4.69, 9.17) is 21.1 Å². The third kappa shape index (κ3) is 3.71. The van der Waals surface area contributed by atoms with Crippen LogP contribution in [0.3, 0.4) is 0 Å². The third-order valence-corrected chi connectivity index (χ3v) is 6.53. The van der Waals surface area contributed by atoms with Crippen molar-refractivity contribution in [1.29, 1.82) is 0 Å². The number of halogens is 1. The number of hydrogen-bond acceptors (Lipinski definition) is 3. The van der Waals surface area contributed by atoms with Gasteiger partial charge in [0.2, 0.25) is 0 Å². The van der Waals surface area contributed by atoms with E-state index < -0.39 is 0 Å². The van der Waals surface area contributed by atoms with Crippen LogP contribution in [-0.2, 0) is 14.9 Å². The summed E-state index contributed by atoms with van der Waals surface area (Å²) in [5.41, 5.74) is 1.10. The van der Waals surface area contributed by atoms with Gasteiger partial charge in [0.25, 0.3) is 0 Å². The van der Waals surface area contributed by atoms with Crippen LogP contribution in [0.15, 0.2) is 24.3 Å². The fourth-order valence-corrected chi connectivity index (χ4v) is 4.60. The average Bonchev–Trinajstić information content (AvgIpc) is 3.14. The summed E-state index contributed by atoms with van der Waals surface area (Å²) in [6.45, 7) is 5.50. The Hall–Kier alpha value is -1.30. The molecule has 0 saturated carbocycles. The Kier molecular flexibility index (Phi) is 5.39. The second-order valence-electron chi connectivity index (χ2n) is 7.85. The van der Waals surface area contributed by atoms with Crippen LogP contribution in [0.5, 0.6) is 0 Å². The van der Waals surface area contributed by atoms with Gasteiger partial charge >= 0.3 is 6.03 Å². The summed E-state index contributed by atoms with van der Waals surface area (Å²) in [6.07, 6.45) is 2.93. The van der Waals surface area contributed by atoms with Gasteiger partial charge in [-0.1, -0.05) is 23.7 Å². The topological polar surface area (TPSA) is 50.8 Å². The lowest BCUT2D eigenvalue weighted by Crippen LogP contribution is -2.57. The van der Waals surface area contributed by atoms with Crippen LogP contribution < -0.4 is 5.32 Å². The number of urea groups is 1. The molecule has 6 heteroatoms. The highest BCUT2D eigenvalue weighted by Gasteiger charge is 2.39. The lowest BCUT2D eigenvalue weighted by Gasteiger charge is -2.43. The van der Waals surface area contributed by atoms with Crippen molar-refractivity contribution in [3.8, 4) is 0 Å². The van der Waals surface area contributed by atoms with Crippen molar-refractivity contribution in [2.75, 3.05) is 46.1 Å². The fourth-order valence-electron chi connectivity index (χ4n) is 4.41. The van der Waals surface area contributed by atoms with E-state index in [1.54, 1.807) is 0 Å². The quantitative estimate of drug-likeness (QED) is 0.876. The zero-order valence-corrected chi connectivity index (χ0v) is 15.8. The van der Waals surface area contributed by atoms with E-state index in [1.165, 1.54) is 5.56 Å². The van der Waals surface area contributed by atoms with Crippen LogP contribution in [-0.4, -0.2) is 57.0 Å². The summed E-state index contributed by atoms with van der Waals surface area (Å²) in [5, 5.41) is 3.92. The molecule has 26 heavy (non-hydrogen) atoms. The summed E-state index contributed by atoms with van der Waals surface area (Å²) in [7, 11) is 0. The van der Waals surface area contributed by atoms with Crippen molar-refractivity contribution in [3.05, 3.63) is 34.9 Å². The highest BCUT2D eigenvalue weighted by Crippen LogP contribution is 2.36. The van der Waals surface area contributed by atoms with Gasteiger partial charge in [-0.15, -0.1) is 0 Å². The van der Waals surface area contributed by atoms with Gasteiger partial charge in [0.15, 0.2) is 0 Å². The summed E-state index contributed by atoms with van der Waals surface area (Å²) >= 11 is 6.21. The Bertz CT molecular complexity index is 636. The van der Waals surface area contributed by atoms with E-state index in [0.29, 0.717) is 18.4 Å². The van der Waals surface area contributed by atoms with Gasteiger partial charge in [-0.05, 0) is 48.8 Å². The lowest BCUT2D eigenvalue weighted by atomic mass is 9.74. The molecule has 0 spiro atoms. The van der Waals surface area contributed by atoms with Crippen molar-refractivity contribution in [2.24, 2.45) is 11.8 Å². The van der Waals surface area contributed by atoms with E-state index in [-0.39, 0.29) is 11.4 Å². The number of carbonyl (C=O) groups is 1. The van der Waals surface area contributed by atoms with E-state index in [2.05, 4.69) is 11.4 Å². The maximum absolute atomic E-state index is 12.6. The number of likely N-dealkylation sites (tertiary alicyclic amines) is 1. The second-order valence-corrected chi connectivity index (χ2v) is 8.29. The molecule has 3 aliphatic rings. The minimum atomic E-state index is -0.0949. The Balaban J connectivity index is 1.35. The first-order valence-corrected chi connectivity index (χ1v) is 9.98. The van der Waals surface area contributed by atoms with Crippen LogP contribution in [0.4, 0.5) is 4.79 Å². The molecule has 142 valence electrons. The molecule has 3 aliphatic heterocycles. The fraction of sp³-hybridized carbons (Fsp3) is 0.650. The number of nitrogens with one attached hydrogen (secondary N) is 1. The largest absolute Gasteiger partial charge is 0.381 e. The SMILES string of the molecule is O=C(NCC1(c2cccc(Cl)c2)CCOCC1)N1CC(C2CCOC2)C1. The molecule has 2 amide bonds.